The highest BCUT2D eigenvalue weighted by atomic mass is 16.5. The Hall–Kier alpha value is -0.0800. The minimum Gasteiger partial charge on any atom is -0.373 e. The van der Waals surface area contributed by atoms with E-state index in [4.69, 9.17) is 9.47 Å². The van der Waals surface area contributed by atoms with Crippen molar-refractivity contribution in [1.29, 1.82) is 0 Å². The Morgan fingerprint density at radius 2 is 1.35 bits per heavy atom. The van der Waals surface area contributed by atoms with Crippen LogP contribution in [0.5, 0.6) is 0 Å². The monoisotopic (exact) mass is 244 g/mol. The number of hydrogen-bond acceptors (Lipinski definition) is 2. The average Bonchev–Trinajstić information content (AvgIpc) is 2.21. The molecule has 0 radical (unpaired) electrons. The summed E-state index contributed by atoms with van der Waals surface area (Å²) in [6.07, 6.45) is 7.28. The van der Waals surface area contributed by atoms with E-state index in [2.05, 4.69) is 41.5 Å². The largest absolute Gasteiger partial charge is 0.373 e. The first kappa shape index (κ1) is 16.9. The van der Waals surface area contributed by atoms with Gasteiger partial charge in [0.05, 0.1) is 24.4 Å². The molecule has 2 atom stereocenters. The van der Waals surface area contributed by atoms with Crippen LogP contribution in [0.15, 0.2) is 0 Å². The molecule has 2 nitrogen and oxygen atoms in total. The molecule has 0 aliphatic rings. The fraction of sp³-hybridized carbons (Fsp3) is 1.00. The predicted octanol–water partition coefficient (Wildman–Crippen LogP) is 4.56. The highest BCUT2D eigenvalue weighted by Gasteiger charge is 2.20. The summed E-state index contributed by atoms with van der Waals surface area (Å²) in [6.45, 7) is 12.7. The fourth-order valence-corrected chi connectivity index (χ4v) is 2.05. The van der Waals surface area contributed by atoms with Crippen molar-refractivity contribution in [3.63, 3.8) is 0 Å². The third-order valence-electron chi connectivity index (χ3n) is 2.80. The van der Waals surface area contributed by atoms with Gasteiger partial charge in [0.15, 0.2) is 0 Å². The highest BCUT2D eigenvalue weighted by molar-refractivity contribution is 4.69. The van der Waals surface area contributed by atoms with Crippen molar-refractivity contribution < 1.29 is 9.47 Å². The van der Waals surface area contributed by atoms with Crippen LogP contribution in [0.4, 0.5) is 0 Å². The number of hydrogen-bond donors (Lipinski definition) is 0. The van der Waals surface area contributed by atoms with Gasteiger partial charge in [0.1, 0.15) is 0 Å². The second-order valence-electron chi connectivity index (χ2n) is 5.46. The van der Waals surface area contributed by atoms with Crippen LogP contribution < -0.4 is 0 Å². The molecule has 0 amide bonds. The summed E-state index contributed by atoms with van der Waals surface area (Å²) in [5.41, 5.74) is 0. The summed E-state index contributed by atoms with van der Waals surface area (Å²) in [5.74, 6) is 0. The van der Waals surface area contributed by atoms with E-state index in [1.165, 1.54) is 25.7 Å². The van der Waals surface area contributed by atoms with Gasteiger partial charge in [-0.2, -0.15) is 0 Å². The summed E-state index contributed by atoms with van der Waals surface area (Å²) in [5, 5.41) is 0. The van der Waals surface area contributed by atoms with Gasteiger partial charge < -0.3 is 9.47 Å². The van der Waals surface area contributed by atoms with Crippen molar-refractivity contribution >= 4 is 0 Å². The van der Waals surface area contributed by atoms with Gasteiger partial charge in [-0.15, -0.1) is 0 Å². The van der Waals surface area contributed by atoms with Crippen LogP contribution in [0.1, 0.15) is 73.6 Å². The second-order valence-corrected chi connectivity index (χ2v) is 5.46. The molecule has 0 bridgehead atoms. The second kappa shape index (κ2) is 9.90. The molecule has 0 aromatic carbocycles. The lowest BCUT2D eigenvalue weighted by Gasteiger charge is -2.28. The van der Waals surface area contributed by atoms with Crippen LogP contribution in [0.2, 0.25) is 0 Å². The maximum Gasteiger partial charge on any atom is 0.0837 e. The molecule has 17 heavy (non-hydrogen) atoms. The molecule has 0 aliphatic heterocycles. The van der Waals surface area contributed by atoms with Crippen molar-refractivity contribution in [2.75, 3.05) is 0 Å². The van der Waals surface area contributed by atoms with Gasteiger partial charge in [-0.3, -0.25) is 0 Å². The Labute approximate surface area is 108 Å². The lowest BCUT2D eigenvalue weighted by Crippen LogP contribution is -2.33. The van der Waals surface area contributed by atoms with E-state index in [1.54, 1.807) is 0 Å². The van der Waals surface area contributed by atoms with Gasteiger partial charge in [0.2, 0.25) is 0 Å². The molecule has 0 N–H and O–H groups in total. The zero-order valence-corrected chi connectivity index (χ0v) is 12.7. The van der Waals surface area contributed by atoms with Crippen LogP contribution in [0, 0.1) is 0 Å². The van der Waals surface area contributed by atoms with Gasteiger partial charge in [0.25, 0.3) is 0 Å². The Morgan fingerprint density at radius 1 is 0.765 bits per heavy atom. The maximum absolute atomic E-state index is 5.97. The molecule has 0 fully saturated rings. The van der Waals surface area contributed by atoms with Gasteiger partial charge >= 0.3 is 0 Å². The van der Waals surface area contributed by atoms with E-state index < -0.39 is 0 Å². The SMILES string of the molecule is CCCCCCC(OC(C)C)C(C)OC(C)C. The van der Waals surface area contributed by atoms with E-state index >= 15 is 0 Å². The van der Waals surface area contributed by atoms with E-state index in [0.29, 0.717) is 0 Å². The van der Waals surface area contributed by atoms with E-state index in [9.17, 15) is 0 Å². The standard InChI is InChI=1S/C15H32O2/c1-7-8-9-10-11-15(17-13(4)5)14(6)16-12(2)3/h12-15H,7-11H2,1-6H3. The smallest absolute Gasteiger partial charge is 0.0837 e. The first-order valence-corrected chi connectivity index (χ1v) is 7.28. The van der Waals surface area contributed by atoms with Crippen molar-refractivity contribution in [2.24, 2.45) is 0 Å². The summed E-state index contributed by atoms with van der Waals surface area (Å²) in [7, 11) is 0. The lowest BCUT2D eigenvalue weighted by molar-refractivity contribution is -0.105. The quantitative estimate of drug-likeness (QED) is 0.524. The number of unbranched alkanes of at least 4 members (excludes halogenated alkanes) is 3. The molecule has 0 aliphatic carbocycles. The molecule has 2 heteroatoms. The van der Waals surface area contributed by atoms with Gasteiger partial charge in [-0.25, -0.2) is 0 Å². The Kier molecular flexibility index (Phi) is 9.85. The van der Waals surface area contributed by atoms with Crippen LogP contribution >= 0.6 is 0 Å². The summed E-state index contributed by atoms with van der Waals surface area (Å²) in [6, 6.07) is 0. The van der Waals surface area contributed by atoms with Crippen molar-refractivity contribution in [3.8, 4) is 0 Å². The molecule has 0 heterocycles. The minimum absolute atomic E-state index is 0.194. The zero-order valence-electron chi connectivity index (χ0n) is 12.7. The van der Waals surface area contributed by atoms with E-state index in [1.807, 2.05) is 0 Å². The fourth-order valence-electron chi connectivity index (χ4n) is 2.05. The number of ether oxygens (including phenoxy) is 2. The molecular formula is C15H32O2. The molecule has 2 unspecified atom stereocenters. The highest BCUT2D eigenvalue weighted by Crippen LogP contribution is 2.16. The van der Waals surface area contributed by atoms with Gasteiger partial charge in [-0.05, 0) is 41.0 Å². The molecule has 0 rings (SSSR count). The molecular weight excluding hydrogens is 212 g/mol. The van der Waals surface area contributed by atoms with Crippen molar-refractivity contribution in [1.82, 2.24) is 0 Å². The first-order chi connectivity index (χ1) is 7.97. The maximum atomic E-state index is 5.97. The number of rotatable bonds is 10. The van der Waals surface area contributed by atoms with Crippen LogP contribution in [-0.4, -0.2) is 24.4 Å². The third-order valence-corrected chi connectivity index (χ3v) is 2.80. The third kappa shape index (κ3) is 9.61. The van der Waals surface area contributed by atoms with E-state index in [-0.39, 0.29) is 24.4 Å². The molecule has 104 valence electrons. The summed E-state index contributed by atoms with van der Waals surface area (Å²) >= 11 is 0. The lowest BCUT2D eigenvalue weighted by atomic mass is 10.1. The molecule has 0 saturated heterocycles. The summed E-state index contributed by atoms with van der Waals surface area (Å²) in [4.78, 5) is 0. The van der Waals surface area contributed by atoms with Crippen molar-refractivity contribution in [3.05, 3.63) is 0 Å². The van der Waals surface area contributed by atoms with Gasteiger partial charge in [-0.1, -0.05) is 32.6 Å². The van der Waals surface area contributed by atoms with Crippen molar-refractivity contribution in [2.45, 2.75) is 98.1 Å². The molecule has 0 spiro atoms. The predicted molar refractivity (Wildman–Crippen MR) is 74.5 cm³/mol. The topological polar surface area (TPSA) is 18.5 Å². The average molecular weight is 244 g/mol. The molecule has 0 aromatic heterocycles. The Morgan fingerprint density at radius 3 is 1.82 bits per heavy atom. The van der Waals surface area contributed by atoms with Crippen LogP contribution in [0.3, 0.4) is 0 Å². The molecule has 0 saturated carbocycles. The van der Waals surface area contributed by atoms with Crippen LogP contribution in [0.25, 0.3) is 0 Å². The molecule has 0 aromatic rings. The van der Waals surface area contributed by atoms with E-state index in [0.717, 1.165) is 6.42 Å². The Balaban J connectivity index is 4.03. The first-order valence-electron chi connectivity index (χ1n) is 7.28. The normalized spacial score (nSPS) is 15.5. The van der Waals surface area contributed by atoms with Crippen LogP contribution in [-0.2, 0) is 9.47 Å². The zero-order chi connectivity index (χ0) is 13.3. The van der Waals surface area contributed by atoms with Gasteiger partial charge in [0, 0.05) is 0 Å². The minimum atomic E-state index is 0.194. The summed E-state index contributed by atoms with van der Waals surface area (Å²) < 4.78 is 11.8. The Bertz CT molecular complexity index is 166.